The maximum atomic E-state index is 13.5. The van der Waals surface area contributed by atoms with Crippen LogP contribution in [-0.4, -0.2) is 40.7 Å². The van der Waals surface area contributed by atoms with Crippen molar-refractivity contribution in [2.45, 2.75) is 32.7 Å². The summed E-state index contributed by atoms with van der Waals surface area (Å²) in [4.78, 5) is 13.5. The summed E-state index contributed by atoms with van der Waals surface area (Å²) in [7, 11) is -3.64. The minimum Gasteiger partial charge on any atom is -0.344 e. The maximum absolute atomic E-state index is 13.5. The molecule has 2 aromatic rings. The second-order valence-electron chi connectivity index (χ2n) is 7.26. The number of anilines is 1. The van der Waals surface area contributed by atoms with Crippen LogP contribution in [0.2, 0.25) is 10.0 Å². The molecular weight excluding hydrogens is 435 g/mol. The minimum atomic E-state index is -3.64. The smallest absolute Gasteiger partial charge is 0.267 e. The van der Waals surface area contributed by atoms with Gasteiger partial charge in [-0.3, -0.25) is 4.79 Å². The van der Waals surface area contributed by atoms with Crippen molar-refractivity contribution in [2.75, 3.05) is 17.6 Å². The number of aryl methyl sites for hydroxylation is 1. The fraction of sp³-hybridized carbons (Fsp3) is 0.368. The van der Waals surface area contributed by atoms with Gasteiger partial charge in [0.15, 0.2) is 0 Å². The second kappa shape index (κ2) is 7.34. The standard InChI is InChI=1S/C19H20Cl2N4O3S/c1-11-9-16-22-12(2)17(19(26)24-7-3-4-8-29(24,27)28)18(25(16)23-11)13-5-6-14(20)15(21)10-13/h5-6,9-10,18,22H,3-4,7-8H2,1-2H3. The van der Waals surface area contributed by atoms with Gasteiger partial charge in [0.25, 0.3) is 5.91 Å². The first-order chi connectivity index (χ1) is 13.7. The molecule has 0 radical (unpaired) electrons. The molecule has 1 aromatic heterocycles. The minimum absolute atomic E-state index is 0.0257. The van der Waals surface area contributed by atoms with E-state index in [0.29, 0.717) is 45.5 Å². The summed E-state index contributed by atoms with van der Waals surface area (Å²) in [6.07, 6.45) is 1.20. The number of fused-ring (bicyclic) bond motifs is 1. The molecule has 1 saturated heterocycles. The average Bonchev–Trinajstić information content (AvgIpc) is 3.01. The topological polar surface area (TPSA) is 84.3 Å². The second-order valence-corrected chi connectivity index (χ2v) is 10.1. The molecule has 1 fully saturated rings. The Morgan fingerprint density at radius 3 is 2.62 bits per heavy atom. The molecular formula is C19H20Cl2N4O3S. The van der Waals surface area contributed by atoms with Crippen molar-refractivity contribution in [3.63, 3.8) is 0 Å². The van der Waals surface area contributed by atoms with Gasteiger partial charge < -0.3 is 5.32 Å². The third kappa shape index (κ3) is 3.53. The third-order valence-electron chi connectivity index (χ3n) is 5.16. The Labute approximate surface area is 179 Å². The van der Waals surface area contributed by atoms with Gasteiger partial charge in [0.2, 0.25) is 10.0 Å². The van der Waals surface area contributed by atoms with Gasteiger partial charge in [-0.25, -0.2) is 17.4 Å². The van der Waals surface area contributed by atoms with E-state index in [1.165, 1.54) is 0 Å². The van der Waals surface area contributed by atoms with Gasteiger partial charge in [0.1, 0.15) is 11.9 Å². The molecule has 154 valence electrons. The Bertz CT molecular complexity index is 1140. The number of aromatic nitrogens is 2. The van der Waals surface area contributed by atoms with E-state index >= 15 is 0 Å². The number of sulfonamides is 1. The van der Waals surface area contributed by atoms with Crippen LogP contribution in [0.5, 0.6) is 0 Å². The van der Waals surface area contributed by atoms with E-state index in [9.17, 15) is 13.2 Å². The number of allylic oxidation sites excluding steroid dienone is 1. The van der Waals surface area contributed by atoms with Gasteiger partial charge in [0.05, 0.1) is 27.1 Å². The van der Waals surface area contributed by atoms with E-state index in [2.05, 4.69) is 10.4 Å². The lowest BCUT2D eigenvalue weighted by atomic mass is 9.94. The van der Waals surface area contributed by atoms with E-state index in [4.69, 9.17) is 23.2 Å². The number of benzene rings is 1. The van der Waals surface area contributed by atoms with Gasteiger partial charge in [-0.15, -0.1) is 0 Å². The van der Waals surface area contributed by atoms with Gasteiger partial charge in [0, 0.05) is 18.3 Å². The summed E-state index contributed by atoms with van der Waals surface area (Å²) in [5, 5.41) is 8.46. The highest BCUT2D eigenvalue weighted by molar-refractivity contribution is 7.89. The van der Waals surface area contributed by atoms with E-state index in [1.807, 2.05) is 13.0 Å². The number of carbonyl (C=O) groups excluding carboxylic acids is 1. The van der Waals surface area contributed by atoms with Crippen LogP contribution in [0.3, 0.4) is 0 Å². The molecule has 1 atom stereocenters. The molecule has 0 bridgehead atoms. The molecule has 29 heavy (non-hydrogen) atoms. The van der Waals surface area contributed by atoms with E-state index in [-0.39, 0.29) is 12.3 Å². The zero-order chi connectivity index (χ0) is 20.9. The van der Waals surface area contributed by atoms with Crippen LogP contribution < -0.4 is 5.32 Å². The van der Waals surface area contributed by atoms with Crippen molar-refractivity contribution in [1.82, 2.24) is 14.1 Å². The fourth-order valence-electron chi connectivity index (χ4n) is 3.81. The van der Waals surface area contributed by atoms with Crippen LogP contribution in [0.15, 0.2) is 35.5 Å². The lowest BCUT2D eigenvalue weighted by molar-refractivity contribution is -0.123. The number of hydrogen-bond donors (Lipinski definition) is 1. The number of carbonyl (C=O) groups is 1. The normalized spacial score (nSPS) is 21.0. The summed E-state index contributed by atoms with van der Waals surface area (Å²) in [5.41, 5.74) is 2.37. The van der Waals surface area contributed by atoms with Gasteiger partial charge >= 0.3 is 0 Å². The molecule has 1 N–H and O–H groups in total. The number of halogens is 2. The quantitative estimate of drug-likeness (QED) is 0.746. The van der Waals surface area contributed by atoms with Crippen molar-refractivity contribution in [2.24, 2.45) is 0 Å². The van der Waals surface area contributed by atoms with Crippen LogP contribution in [0.1, 0.15) is 37.1 Å². The number of amides is 1. The highest BCUT2D eigenvalue weighted by Gasteiger charge is 2.39. The average molecular weight is 455 g/mol. The Kier molecular flexibility index (Phi) is 5.13. The fourth-order valence-corrected chi connectivity index (χ4v) is 5.67. The molecule has 4 rings (SSSR count). The molecule has 1 aromatic carbocycles. The summed E-state index contributed by atoms with van der Waals surface area (Å²) in [6, 6.07) is 6.36. The number of nitrogens with zero attached hydrogens (tertiary/aromatic N) is 3. The Hall–Kier alpha value is -2.03. The third-order valence-corrected chi connectivity index (χ3v) is 7.72. The lowest BCUT2D eigenvalue weighted by Crippen LogP contribution is -2.45. The summed E-state index contributed by atoms with van der Waals surface area (Å²) in [6.45, 7) is 3.79. The highest BCUT2D eigenvalue weighted by atomic mass is 35.5. The van der Waals surface area contributed by atoms with Crippen LogP contribution in [0.25, 0.3) is 0 Å². The van der Waals surface area contributed by atoms with Crippen LogP contribution in [0, 0.1) is 6.92 Å². The van der Waals surface area contributed by atoms with Crippen molar-refractivity contribution >= 4 is 45.0 Å². The van der Waals surface area contributed by atoms with Crippen LogP contribution in [0.4, 0.5) is 5.82 Å². The zero-order valence-corrected chi connectivity index (χ0v) is 18.3. The van der Waals surface area contributed by atoms with E-state index in [1.54, 1.807) is 29.8 Å². The van der Waals surface area contributed by atoms with Crippen molar-refractivity contribution in [3.05, 3.63) is 56.8 Å². The SMILES string of the molecule is CC1=C(C(=O)N2CCCCS2(=O)=O)C(c2ccc(Cl)c(Cl)c2)n2nc(C)cc2N1. The van der Waals surface area contributed by atoms with Gasteiger partial charge in [-0.2, -0.15) is 5.10 Å². The highest BCUT2D eigenvalue weighted by Crippen LogP contribution is 2.39. The Morgan fingerprint density at radius 1 is 1.17 bits per heavy atom. The summed E-state index contributed by atoms with van der Waals surface area (Å²) in [5.74, 6) is 0.154. The van der Waals surface area contributed by atoms with E-state index < -0.39 is 22.0 Å². The number of rotatable bonds is 2. The van der Waals surface area contributed by atoms with Crippen molar-refractivity contribution < 1.29 is 13.2 Å². The molecule has 0 spiro atoms. The molecule has 3 heterocycles. The molecule has 2 aliphatic rings. The van der Waals surface area contributed by atoms with Crippen LogP contribution >= 0.6 is 23.2 Å². The largest absolute Gasteiger partial charge is 0.344 e. The lowest BCUT2D eigenvalue weighted by Gasteiger charge is -2.34. The Balaban J connectivity index is 1.87. The summed E-state index contributed by atoms with van der Waals surface area (Å²) < 4.78 is 27.8. The van der Waals surface area contributed by atoms with E-state index in [0.717, 1.165) is 10.00 Å². The zero-order valence-electron chi connectivity index (χ0n) is 15.9. The van der Waals surface area contributed by atoms with Gasteiger partial charge in [-0.05, 0) is 44.4 Å². The van der Waals surface area contributed by atoms with Crippen molar-refractivity contribution in [3.8, 4) is 0 Å². The molecule has 0 saturated carbocycles. The first-order valence-corrected chi connectivity index (χ1v) is 11.6. The molecule has 1 unspecified atom stereocenters. The number of nitrogens with one attached hydrogen (secondary N) is 1. The molecule has 0 aliphatic carbocycles. The predicted octanol–water partition coefficient (Wildman–Crippen LogP) is 3.74. The maximum Gasteiger partial charge on any atom is 0.267 e. The first-order valence-electron chi connectivity index (χ1n) is 9.22. The molecule has 7 nitrogen and oxygen atoms in total. The molecule has 10 heteroatoms. The first kappa shape index (κ1) is 20.3. The Morgan fingerprint density at radius 2 is 1.93 bits per heavy atom. The summed E-state index contributed by atoms with van der Waals surface area (Å²) >= 11 is 12.3. The monoisotopic (exact) mass is 454 g/mol. The predicted molar refractivity (Wildman–Crippen MR) is 113 cm³/mol. The van der Waals surface area contributed by atoms with Crippen molar-refractivity contribution in [1.29, 1.82) is 0 Å². The molecule has 2 aliphatic heterocycles. The molecule has 1 amide bonds. The number of hydrogen-bond acceptors (Lipinski definition) is 5. The van der Waals surface area contributed by atoms with Crippen LogP contribution in [-0.2, 0) is 14.8 Å². The van der Waals surface area contributed by atoms with Gasteiger partial charge in [-0.1, -0.05) is 29.3 Å².